The molecular weight excluding hydrogens is 431 g/mol. The molecule has 1 saturated heterocycles. The molecule has 140 valence electrons. The minimum absolute atomic E-state index is 0.317. The van der Waals surface area contributed by atoms with Gasteiger partial charge in [-0.05, 0) is 92.9 Å². The van der Waals surface area contributed by atoms with Gasteiger partial charge in [0, 0.05) is 13.1 Å². The van der Waals surface area contributed by atoms with Crippen molar-refractivity contribution in [3.05, 3.63) is 27.3 Å². The Balaban J connectivity index is 1.72. The van der Waals surface area contributed by atoms with Crippen LogP contribution < -0.4 is 10.1 Å². The number of rotatable bonds is 5. The molecule has 0 spiro atoms. The molecule has 0 radical (unpaired) electrons. The van der Waals surface area contributed by atoms with Crippen LogP contribution in [0.25, 0.3) is 0 Å². The molecule has 2 rings (SSSR count). The van der Waals surface area contributed by atoms with Crippen molar-refractivity contribution in [2.24, 2.45) is 5.92 Å². The molecule has 0 bridgehead atoms. The molecule has 25 heavy (non-hydrogen) atoms. The number of methoxy groups -OCH3 is 1. The Hall–Kier alpha value is -1.02. The van der Waals surface area contributed by atoms with Crippen LogP contribution in [-0.2, 0) is 11.3 Å². The Kier molecular flexibility index (Phi) is 7.37. The third kappa shape index (κ3) is 7.01. The molecule has 0 aliphatic carbocycles. The lowest BCUT2D eigenvalue weighted by atomic mass is 9.96. The van der Waals surface area contributed by atoms with Crippen molar-refractivity contribution in [3.63, 3.8) is 0 Å². The summed E-state index contributed by atoms with van der Waals surface area (Å²) in [6.45, 7) is 9.42. The van der Waals surface area contributed by atoms with Gasteiger partial charge in [0.25, 0.3) is 0 Å². The maximum Gasteiger partial charge on any atom is 0.407 e. The molecule has 1 amide bonds. The summed E-state index contributed by atoms with van der Waals surface area (Å²) in [4.78, 5) is 14.2. The van der Waals surface area contributed by atoms with Gasteiger partial charge >= 0.3 is 6.09 Å². The van der Waals surface area contributed by atoms with Gasteiger partial charge in [-0.25, -0.2) is 4.79 Å². The zero-order chi connectivity index (χ0) is 18.4. The summed E-state index contributed by atoms with van der Waals surface area (Å²) in [7, 11) is 1.70. The summed E-state index contributed by atoms with van der Waals surface area (Å²) in [6, 6.07) is 6.36. The highest BCUT2D eigenvalue weighted by Crippen LogP contribution is 2.24. The number of carbonyl (C=O) groups is 1. The maximum atomic E-state index is 11.7. The summed E-state index contributed by atoms with van der Waals surface area (Å²) in [5.41, 5.74) is 0.874. The van der Waals surface area contributed by atoms with E-state index in [-0.39, 0.29) is 6.09 Å². The number of nitrogens with zero attached hydrogens (tertiary/aromatic N) is 1. The van der Waals surface area contributed by atoms with E-state index in [9.17, 15) is 4.79 Å². The molecule has 1 aromatic carbocycles. The fourth-order valence-corrected chi connectivity index (χ4v) is 3.76. The van der Waals surface area contributed by atoms with Crippen molar-refractivity contribution in [2.75, 3.05) is 26.7 Å². The molecule has 1 N–H and O–H groups in total. The van der Waals surface area contributed by atoms with Gasteiger partial charge in [0.2, 0.25) is 0 Å². The smallest absolute Gasteiger partial charge is 0.407 e. The third-order valence-electron chi connectivity index (χ3n) is 4.26. The van der Waals surface area contributed by atoms with E-state index in [1.54, 1.807) is 7.11 Å². The number of alkyl carbamates (subject to hydrolysis) is 1. The summed E-state index contributed by atoms with van der Waals surface area (Å²) >= 11 is 2.31. The normalized spacial score (nSPS) is 16.5. The highest BCUT2D eigenvalue weighted by atomic mass is 127. The molecular formula is C19H29IN2O3. The van der Waals surface area contributed by atoms with Gasteiger partial charge in [-0.15, -0.1) is 0 Å². The van der Waals surface area contributed by atoms with Crippen LogP contribution in [0.5, 0.6) is 5.75 Å². The van der Waals surface area contributed by atoms with E-state index >= 15 is 0 Å². The quantitative estimate of drug-likeness (QED) is 0.675. The number of carbonyl (C=O) groups excluding carboxylic acids is 1. The van der Waals surface area contributed by atoms with Gasteiger partial charge in [-0.1, -0.05) is 6.07 Å². The van der Waals surface area contributed by atoms with Crippen LogP contribution in [0, 0.1) is 9.49 Å². The van der Waals surface area contributed by atoms with E-state index < -0.39 is 5.60 Å². The molecule has 0 atom stereocenters. The molecule has 1 aliphatic rings. The number of nitrogens with one attached hydrogen (secondary N) is 1. The second-order valence-corrected chi connectivity index (χ2v) is 8.73. The van der Waals surface area contributed by atoms with Crippen molar-refractivity contribution >= 4 is 28.7 Å². The van der Waals surface area contributed by atoms with Crippen LogP contribution in [0.15, 0.2) is 18.2 Å². The zero-order valence-electron chi connectivity index (χ0n) is 15.6. The van der Waals surface area contributed by atoms with Gasteiger partial charge < -0.3 is 14.8 Å². The van der Waals surface area contributed by atoms with Crippen LogP contribution in [0.2, 0.25) is 0 Å². The SMILES string of the molecule is COc1ccc(CN2CCC(CNC(=O)OC(C)(C)C)CC2)cc1I. The number of likely N-dealkylation sites (tertiary alicyclic amines) is 1. The van der Waals surface area contributed by atoms with Crippen LogP contribution in [0.4, 0.5) is 4.79 Å². The number of hydrogen-bond donors (Lipinski definition) is 1. The van der Waals surface area contributed by atoms with Crippen LogP contribution in [-0.4, -0.2) is 43.3 Å². The average molecular weight is 460 g/mol. The number of benzene rings is 1. The van der Waals surface area contributed by atoms with Crippen molar-refractivity contribution in [1.29, 1.82) is 0 Å². The van der Waals surface area contributed by atoms with Gasteiger partial charge in [0.1, 0.15) is 11.4 Å². The Morgan fingerprint density at radius 3 is 2.56 bits per heavy atom. The highest BCUT2D eigenvalue weighted by Gasteiger charge is 2.21. The predicted molar refractivity (Wildman–Crippen MR) is 108 cm³/mol. The second-order valence-electron chi connectivity index (χ2n) is 7.57. The first kappa shape index (κ1) is 20.3. The molecule has 1 heterocycles. The van der Waals surface area contributed by atoms with E-state index in [1.165, 1.54) is 5.56 Å². The van der Waals surface area contributed by atoms with E-state index in [4.69, 9.17) is 9.47 Å². The molecule has 1 fully saturated rings. The number of hydrogen-bond acceptors (Lipinski definition) is 4. The topological polar surface area (TPSA) is 50.8 Å². The van der Waals surface area contributed by atoms with Gasteiger partial charge in [-0.3, -0.25) is 4.90 Å². The molecule has 5 nitrogen and oxygen atoms in total. The summed E-state index contributed by atoms with van der Waals surface area (Å²) < 4.78 is 11.7. The van der Waals surface area contributed by atoms with Gasteiger partial charge in [0.05, 0.1) is 10.7 Å². The predicted octanol–water partition coefficient (Wildman–Crippen LogP) is 4.04. The highest BCUT2D eigenvalue weighted by molar-refractivity contribution is 14.1. The van der Waals surface area contributed by atoms with Crippen molar-refractivity contribution < 1.29 is 14.3 Å². The summed E-state index contributed by atoms with van der Waals surface area (Å²) in [5.74, 6) is 1.45. The fourth-order valence-electron chi connectivity index (χ4n) is 2.96. The average Bonchev–Trinajstić information content (AvgIpc) is 2.53. The van der Waals surface area contributed by atoms with Crippen molar-refractivity contribution in [2.45, 2.75) is 45.8 Å². The molecule has 0 aromatic heterocycles. The molecule has 1 aromatic rings. The number of piperidine rings is 1. The van der Waals surface area contributed by atoms with E-state index in [2.05, 4.69) is 44.9 Å². The first-order valence-electron chi connectivity index (χ1n) is 8.78. The lowest BCUT2D eigenvalue weighted by Gasteiger charge is -2.32. The van der Waals surface area contributed by atoms with Crippen LogP contribution in [0.3, 0.4) is 0 Å². The van der Waals surface area contributed by atoms with E-state index in [1.807, 2.05) is 26.8 Å². The zero-order valence-corrected chi connectivity index (χ0v) is 17.8. The van der Waals surface area contributed by atoms with Crippen LogP contribution >= 0.6 is 22.6 Å². The summed E-state index contributed by atoms with van der Waals surface area (Å²) in [6.07, 6.45) is 1.88. The minimum Gasteiger partial charge on any atom is -0.496 e. The fraction of sp³-hybridized carbons (Fsp3) is 0.632. The monoisotopic (exact) mass is 460 g/mol. The van der Waals surface area contributed by atoms with Gasteiger partial charge in [0.15, 0.2) is 0 Å². The van der Waals surface area contributed by atoms with E-state index in [0.717, 1.165) is 41.8 Å². The molecule has 0 unspecified atom stereocenters. The first-order chi connectivity index (χ1) is 11.8. The molecule has 6 heteroatoms. The largest absolute Gasteiger partial charge is 0.496 e. The van der Waals surface area contributed by atoms with Gasteiger partial charge in [-0.2, -0.15) is 0 Å². The first-order valence-corrected chi connectivity index (χ1v) is 9.86. The number of halogens is 1. The lowest BCUT2D eigenvalue weighted by molar-refractivity contribution is 0.0509. The second kappa shape index (κ2) is 9.07. The van der Waals surface area contributed by atoms with E-state index in [0.29, 0.717) is 12.5 Å². The lowest BCUT2D eigenvalue weighted by Crippen LogP contribution is -2.40. The Bertz CT molecular complexity index is 579. The number of amides is 1. The standard InChI is InChI=1S/C19H29IN2O3/c1-19(2,3)25-18(23)21-12-14-7-9-22(10-8-14)13-15-5-6-17(24-4)16(20)11-15/h5-6,11,14H,7-10,12-13H2,1-4H3,(H,21,23). The molecule has 1 aliphatic heterocycles. The third-order valence-corrected chi connectivity index (χ3v) is 5.11. The number of ether oxygens (including phenoxy) is 2. The van der Waals surface area contributed by atoms with Crippen molar-refractivity contribution in [3.8, 4) is 5.75 Å². The van der Waals surface area contributed by atoms with Crippen LogP contribution in [0.1, 0.15) is 39.2 Å². The Morgan fingerprint density at radius 2 is 2.00 bits per heavy atom. The maximum absolute atomic E-state index is 11.7. The Labute approximate surface area is 164 Å². The Morgan fingerprint density at radius 1 is 1.32 bits per heavy atom. The molecule has 0 saturated carbocycles. The van der Waals surface area contributed by atoms with Crippen molar-refractivity contribution in [1.82, 2.24) is 10.2 Å². The minimum atomic E-state index is -0.441. The summed E-state index contributed by atoms with van der Waals surface area (Å²) in [5, 5.41) is 2.90.